The fourth-order valence-corrected chi connectivity index (χ4v) is 7.61. The molecule has 9 nitrogen and oxygen atoms in total. The monoisotopic (exact) mass is 583 g/mol. The Morgan fingerprint density at radius 3 is 2.58 bits per heavy atom. The van der Waals surface area contributed by atoms with Gasteiger partial charge in [0.1, 0.15) is 0 Å². The largest absolute Gasteiger partial charge is 0.379 e. The van der Waals surface area contributed by atoms with Crippen molar-refractivity contribution in [2.75, 3.05) is 32.1 Å². The molecule has 11 heteroatoms. The van der Waals surface area contributed by atoms with Crippen LogP contribution in [0.1, 0.15) is 50.6 Å². The second-order valence-corrected chi connectivity index (χ2v) is 13.3. The minimum Gasteiger partial charge on any atom is -0.379 e. The smallest absolute Gasteiger partial charge is 0.243 e. The van der Waals surface area contributed by atoms with Crippen molar-refractivity contribution in [2.45, 2.75) is 67.6 Å². The molecule has 3 aromatic rings. The van der Waals surface area contributed by atoms with Gasteiger partial charge in [0.15, 0.2) is 11.0 Å². The standard InChI is InChI=1S/C29H37N5O4S2/c1-22(14-15-23-8-3-2-4-9-23)30-27(35)21-39-29-32-31-28(34(29)25-11-5-6-12-25)24-10-7-13-26(20-24)40(36,37)33-16-18-38-19-17-33/h2-4,7-10,13,20,22,25H,5-6,11-12,14-19,21H2,1H3,(H,30,35)/t22-/m0/s1. The van der Waals surface area contributed by atoms with Crippen LogP contribution in [0, 0.1) is 0 Å². The zero-order valence-corrected chi connectivity index (χ0v) is 24.5. The summed E-state index contributed by atoms with van der Waals surface area (Å²) in [5.41, 5.74) is 1.97. The molecule has 2 fully saturated rings. The van der Waals surface area contributed by atoms with Crippen molar-refractivity contribution in [3.05, 3.63) is 60.2 Å². The number of rotatable bonds is 11. The maximum Gasteiger partial charge on any atom is 0.243 e. The fraction of sp³-hybridized carbons (Fsp3) is 0.483. The van der Waals surface area contributed by atoms with E-state index in [0.29, 0.717) is 42.8 Å². The number of ether oxygens (including phenoxy) is 1. The maximum absolute atomic E-state index is 13.3. The van der Waals surface area contributed by atoms with Gasteiger partial charge in [-0.25, -0.2) is 8.42 Å². The van der Waals surface area contributed by atoms with Gasteiger partial charge in [0.2, 0.25) is 15.9 Å². The number of nitrogens with zero attached hydrogens (tertiary/aromatic N) is 4. The SMILES string of the molecule is C[C@@H](CCc1ccccc1)NC(=O)CSc1nnc(-c2cccc(S(=O)(=O)N3CCOCC3)c2)n1C1CCCC1. The molecule has 2 aromatic carbocycles. The van der Waals surface area contributed by atoms with Crippen LogP contribution in [0.15, 0.2) is 64.6 Å². The Bertz CT molecular complexity index is 1380. The number of hydrogen-bond donors (Lipinski definition) is 1. The summed E-state index contributed by atoms with van der Waals surface area (Å²) in [5, 5.41) is 12.8. The first-order valence-electron chi connectivity index (χ1n) is 14.0. The van der Waals surface area contributed by atoms with E-state index in [4.69, 9.17) is 4.74 Å². The van der Waals surface area contributed by atoms with Crippen LogP contribution in [0.4, 0.5) is 0 Å². The van der Waals surface area contributed by atoms with Crippen molar-refractivity contribution in [3.8, 4) is 11.4 Å². The number of amides is 1. The van der Waals surface area contributed by atoms with Crippen LogP contribution >= 0.6 is 11.8 Å². The third-order valence-electron chi connectivity index (χ3n) is 7.50. The van der Waals surface area contributed by atoms with Crippen molar-refractivity contribution in [3.63, 3.8) is 0 Å². The molecule has 2 heterocycles. The van der Waals surface area contributed by atoms with Gasteiger partial charge < -0.3 is 10.1 Å². The number of carbonyl (C=O) groups is 1. The molecule has 214 valence electrons. The minimum atomic E-state index is -3.64. The summed E-state index contributed by atoms with van der Waals surface area (Å²) in [6.07, 6.45) is 6.04. The molecule has 2 aliphatic rings. The molecule has 1 N–H and O–H groups in total. The number of sulfonamides is 1. The summed E-state index contributed by atoms with van der Waals surface area (Å²) in [6.45, 7) is 3.52. The summed E-state index contributed by atoms with van der Waals surface area (Å²) in [5.74, 6) is 0.850. The van der Waals surface area contributed by atoms with Crippen molar-refractivity contribution in [2.24, 2.45) is 0 Å². The number of aryl methyl sites for hydroxylation is 1. The number of thioether (sulfide) groups is 1. The van der Waals surface area contributed by atoms with Crippen LogP contribution in [-0.4, -0.2) is 71.5 Å². The highest BCUT2D eigenvalue weighted by molar-refractivity contribution is 7.99. The molecule has 1 aliphatic carbocycles. The molecule has 0 radical (unpaired) electrons. The summed E-state index contributed by atoms with van der Waals surface area (Å²) in [7, 11) is -3.64. The van der Waals surface area contributed by atoms with Crippen molar-refractivity contribution in [1.82, 2.24) is 24.4 Å². The number of morpholine rings is 1. The Kier molecular flexibility index (Phi) is 9.56. The number of nitrogens with one attached hydrogen (secondary N) is 1. The second-order valence-electron chi connectivity index (χ2n) is 10.4. The van der Waals surface area contributed by atoms with Crippen LogP contribution in [-0.2, 0) is 26.0 Å². The summed E-state index contributed by atoms with van der Waals surface area (Å²) in [4.78, 5) is 13.0. The predicted octanol–water partition coefficient (Wildman–Crippen LogP) is 4.31. The molecule has 1 amide bonds. The fourth-order valence-electron chi connectivity index (χ4n) is 5.34. The lowest BCUT2D eigenvalue weighted by molar-refractivity contribution is -0.119. The van der Waals surface area contributed by atoms with Crippen molar-refractivity contribution in [1.29, 1.82) is 0 Å². The average molecular weight is 584 g/mol. The first kappa shape index (κ1) is 28.8. The van der Waals surface area contributed by atoms with Crippen molar-refractivity contribution < 1.29 is 17.9 Å². The molecule has 1 aromatic heterocycles. The summed E-state index contributed by atoms with van der Waals surface area (Å²) >= 11 is 1.38. The second kappa shape index (κ2) is 13.3. The van der Waals surface area contributed by atoms with Gasteiger partial charge >= 0.3 is 0 Å². The van der Waals surface area contributed by atoms with E-state index in [0.717, 1.165) is 38.5 Å². The zero-order chi connectivity index (χ0) is 28.0. The Labute approximate surface area is 240 Å². The van der Waals surface area contributed by atoms with Gasteiger partial charge in [0.05, 0.1) is 23.9 Å². The van der Waals surface area contributed by atoms with E-state index >= 15 is 0 Å². The number of carbonyl (C=O) groups excluding carboxylic acids is 1. The van der Waals surface area contributed by atoms with E-state index in [-0.39, 0.29) is 28.6 Å². The third-order valence-corrected chi connectivity index (χ3v) is 10.3. The highest BCUT2D eigenvalue weighted by atomic mass is 32.2. The molecule has 1 saturated heterocycles. The van der Waals surface area contributed by atoms with E-state index < -0.39 is 10.0 Å². The van der Waals surface area contributed by atoms with Crippen LogP contribution < -0.4 is 5.32 Å². The minimum absolute atomic E-state index is 0.0355. The van der Waals surface area contributed by atoms with Gasteiger partial charge in [-0.2, -0.15) is 4.31 Å². The van der Waals surface area contributed by atoms with E-state index in [1.165, 1.54) is 21.6 Å². The van der Waals surface area contributed by atoms with E-state index in [1.54, 1.807) is 18.2 Å². The van der Waals surface area contributed by atoms with Gasteiger partial charge in [-0.15, -0.1) is 10.2 Å². The number of benzene rings is 2. The number of aromatic nitrogens is 3. The van der Waals surface area contributed by atoms with Gasteiger partial charge in [0.25, 0.3) is 0 Å². The Morgan fingerprint density at radius 2 is 1.82 bits per heavy atom. The Hall–Kier alpha value is -2.73. The molecule has 0 spiro atoms. The predicted molar refractivity (Wildman–Crippen MR) is 156 cm³/mol. The van der Waals surface area contributed by atoms with Crippen LogP contribution in [0.5, 0.6) is 0 Å². The average Bonchev–Trinajstić information content (AvgIpc) is 3.66. The molecular weight excluding hydrogens is 546 g/mol. The Morgan fingerprint density at radius 1 is 1.07 bits per heavy atom. The zero-order valence-electron chi connectivity index (χ0n) is 22.9. The maximum atomic E-state index is 13.3. The molecule has 1 saturated carbocycles. The normalized spacial score (nSPS) is 17.6. The summed E-state index contributed by atoms with van der Waals surface area (Å²) in [6, 6.07) is 17.5. The topological polar surface area (TPSA) is 106 Å². The number of hydrogen-bond acceptors (Lipinski definition) is 7. The van der Waals surface area contributed by atoms with Crippen LogP contribution in [0.25, 0.3) is 11.4 Å². The molecule has 40 heavy (non-hydrogen) atoms. The highest BCUT2D eigenvalue weighted by Gasteiger charge is 2.29. The van der Waals surface area contributed by atoms with Crippen molar-refractivity contribution >= 4 is 27.7 Å². The van der Waals surface area contributed by atoms with Gasteiger partial charge in [-0.3, -0.25) is 9.36 Å². The van der Waals surface area contributed by atoms with E-state index in [2.05, 4.69) is 32.2 Å². The molecule has 1 aliphatic heterocycles. The van der Waals surface area contributed by atoms with Crippen LogP contribution in [0.2, 0.25) is 0 Å². The van der Waals surface area contributed by atoms with Gasteiger partial charge in [-0.1, -0.05) is 67.1 Å². The highest BCUT2D eigenvalue weighted by Crippen LogP contribution is 2.37. The molecule has 0 bridgehead atoms. The first-order chi connectivity index (χ1) is 19.4. The lowest BCUT2D eigenvalue weighted by Gasteiger charge is -2.26. The van der Waals surface area contributed by atoms with Crippen LogP contribution in [0.3, 0.4) is 0 Å². The van der Waals surface area contributed by atoms with E-state index in [1.807, 2.05) is 31.2 Å². The molecule has 0 unspecified atom stereocenters. The van der Waals surface area contributed by atoms with E-state index in [9.17, 15) is 13.2 Å². The molecular formula is C29H37N5O4S2. The lowest BCUT2D eigenvalue weighted by Crippen LogP contribution is -2.40. The third kappa shape index (κ3) is 6.94. The van der Waals surface area contributed by atoms with Gasteiger partial charge in [-0.05, 0) is 50.3 Å². The molecule has 1 atom stereocenters. The van der Waals surface area contributed by atoms with Gasteiger partial charge in [0, 0.05) is 30.7 Å². The Balaban J connectivity index is 1.29. The summed E-state index contributed by atoms with van der Waals surface area (Å²) < 4.78 is 35.5. The first-order valence-corrected chi connectivity index (χ1v) is 16.4. The lowest BCUT2D eigenvalue weighted by atomic mass is 10.1. The molecule has 5 rings (SSSR count). The quantitative estimate of drug-likeness (QED) is 0.335.